The predicted octanol–water partition coefficient (Wildman–Crippen LogP) is 3.96. The van der Waals surface area contributed by atoms with Crippen LogP contribution in [0, 0.1) is 5.92 Å². The molecular formula is C20H20N2O5. The van der Waals surface area contributed by atoms with Crippen molar-refractivity contribution in [2.75, 3.05) is 0 Å². The van der Waals surface area contributed by atoms with E-state index in [2.05, 4.69) is 10.3 Å². The average molecular weight is 368 g/mol. The number of nitrogens with zero attached hydrogens (tertiary/aromatic N) is 2. The number of carbonyl (C=O) groups is 1. The molecule has 0 radical (unpaired) electrons. The number of phenolic OH excluding ortho intramolecular Hbond substituents is 2. The Labute approximate surface area is 156 Å². The molecule has 0 atom stereocenters. The molecule has 3 rings (SSSR count). The molecule has 0 saturated carbocycles. The number of ketones is 1. The van der Waals surface area contributed by atoms with Crippen LogP contribution < -0.4 is 4.74 Å². The molecule has 27 heavy (non-hydrogen) atoms. The monoisotopic (exact) mass is 368 g/mol. The first kappa shape index (κ1) is 18.4. The van der Waals surface area contributed by atoms with Crippen LogP contribution in [0.15, 0.2) is 47.1 Å². The maximum atomic E-state index is 12.5. The summed E-state index contributed by atoms with van der Waals surface area (Å²) in [4.78, 5) is 12.5. The Kier molecular flexibility index (Phi) is 5.40. The van der Waals surface area contributed by atoms with Gasteiger partial charge >= 0.3 is 0 Å². The van der Waals surface area contributed by atoms with Gasteiger partial charge in [-0.15, -0.1) is 0 Å². The lowest BCUT2D eigenvalue weighted by Crippen LogP contribution is -2.08. The van der Waals surface area contributed by atoms with Gasteiger partial charge in [0.25, 0.3) is 0 Å². The van der Waals surface area contributed by atoms with Crippen molar-refractivity contribution in [3.8, 4) is 28.5 Å². The number of ether oxygens (including phenoxy) is 1. The minimum absolute atomic E-state index is 0.0409. The molecule has 0 fully saturated rings. The van der Waals surface area contributed by atoms with Gasteiger partial charge in [-0.2, -0.15) is 0 Å². The van der Waals surface area contributed by atoms with E-state index in [1.54, 1.807) is 0 Å². The molecule has 0 unspecified atom stereocenters. The van der Waals surface area contributed by atoms with Crippen LogP contribution in [-0.2, 0) is 6.61 Å². The predicted molar refractivity (Wildman–Crippen MR) is 97.6 cm³/mol. The van der Waals surface area contributed by atoms with Crippen molar-refractivity contribution < 1.29 is 24.4 Å². The molecule has 2 N–H and O–H groups in total. The molecule has 7 heteroatoms. The fourth-order valence-corrected chi connectivity index (χ4v) is 2.72. The third kappa shape index (κ3) is 4.25. The van der Waals surface area contributed by atoms with E-state index < -0.39 is 0 Å². The van der Waals surface area contributed by atoms with E-state index in [9.17, 15) is 15.0 Å². The number of hydrogen-bond acceptors (Lipinski definition) is 7. The van der Waals surface area contributed by atoms with Crippen LogP contribution in [0.4, 0.5) is 0 Å². The van der Waals surface area contributed by atoms with Crippen LogP contribution in [-0.4, -0.2) is 26.3 Å². The Morgan fingerprint density at radius 3 is 2.59 bits per heavy atom. The van der Waals surface area contributed by atoms with Crippen molar-refractivity contribution in [2.45, 2.75) is 26.9 Å². The van der Waals surface area contributed by atoms with Gasteiger partial charge in [-0.3, -0.25) is 4.79 Å². The number of rotatable bonds is 7. The summed E-state index contributed by atoms with van der Waals surface area (Å²) in [6, 6.07) is 11.8. The molecule has 7 nitrogen and oxygen atoms in total. The summed E-state index contributed by atoms with van der Waals surface area (Å²) < 4.78 is 10.5. The summed E-state index contributed by atoms with van der Waals surface area (Å²) in [5, 5.41) is 27.7. The number of carbonyl (C=O) groups excluding carboxylic acids is 1. The Morgan fingerprint density at radius 2 is 1.89 bits per heavy atom. The normalized spacial score (nSPS) is 10.9. The van der Waals surface area contributed by atoms with E-state index in [1.807, 2.05) is 44.2 Å². The van der Waals surface area contributed by atoms with Crippen molar-refractivity contribution in [1.82, 2.24) is 10.3 Å². The van der Waals surface area contributed by atoms with Gasteiger partial charge in [0.05, 0.1) is 0 Å². The molecule has 3 aromatic rings. The first-order valence-electron chi connectivity index (χ1n) is 8.54. The summed E-state index contributed by atoms with van der Waals surface area (Å²) in [5.41, 5.74) is 1.81. The van der Waals surface area contributed by atoms with E-state index in [4.69, 9.17) is 9.37 Å². The summed E-state index contributed by atoms with van der Waals surface area (Å²) in [6.07, 6.45) is 0.246. The molecule has 0 aliphatic carbocycles. The van der Waals surface area contributed by atoms with Crippen LogP contribution in [0.3, 0.4) is 0 Å². The molecular weight excluding hydrogens is 348 g/mol. The minimum atomic E-state index is -0.322. The average Bonchev–Trinajstić information content (AvgIpc) is 3.08. The van der Waals surface area contributed by atoms with Gasteiger partial charge in [0.2, 0.25) is 0 Å². The van der Waals surface area contributed by atoms with Gasteiger partial charge in [0.15, 0.2) is 5.78 Å². The Morgan fingerprint density at radius 1 is 1.15 bits per heavy atom. The summed E-state index contributed by atoms with van der Waals surface area (Å²) in [7, 11) is 0. The first-order valence-corrected chi connectivity index (χ1v) is 8.54. The minimum Gasteiger partial charge on any atom is -0.508 e. The Bertz CT molecular complexity index is 935. The molecule has 0 aliphatic heterocycles. The van der Waals surface area contributed by atoms with Crippen molar-refractivity contribution in [2.24, 2.45) is 5.92 Å². The molecule has 0 saturated heterocycles. The van der Waals surface area contributed by atoms with Crippen molar-refractivity contribution in [3.63, 3.8) is 0 Å². The Balaban J connectivity index is 1.87. The topological polar surface area (TPSA) is 106 Å². The van der Waals surface area contributed by atoms with E-state index >= 15 is 0 Å². The van der Waals surface area contributed by atoms with Gasteiger partial charge in [0, 0.05) is 24.1 Å². The van der Waals surface area contributed by atoms with Gasteiger partial charge in [0.1, 0.15) is 40.8 Å². The van der Waals surface area contributed by atoms with E-state index in [-0.39, 0.29) is 47.5 Å². The van der Waals surface area contributed by atoms with Crippen LogP contribution in [0.1, 0.15) is 36.3 Å². The SMILES string of the molecule is CC(C)CC(=O)c1c(O)cc(O)cc1OCc1nonc1-c1ccccc1. The Hall–Kier alpha value is -3.35. The van der Waals surface area contributed by atoms with Crippen molar-refractivity contribution in [1.29, 1.82) is 0 Å². The summed E-state index contributed by atoms with van der Waals surface area (Å²) in [6.45, 7) is 3.77. The maximum Gasteiger partial charge on any atom is 0.170 e. The van der Waals surface area contributed by atoms with Gasteiger partial charge in [-0.05, 0) is 11.1 Å². The van der Waals surface area contributed by atoms with E-state index in [1.165, 1.54) is 6.07 Å². The summed E-state index contributed by atoms with van der Waals surface area (Å²) >= 11 is 0. The second kappa shape index (κ2) is 7.90. The smallest absolute Gasteiger partial charge is 0.170 e. The summed E-state index contributed by atoms with van der Waals surface area (Å²) in [5.74, 6) is -0.593. The van der Waals surface area contributed by atoms with E-state index in [0.717, 1.165) is 11.6 Å². The number of aromatic hydroxyl groups is 2. The highest BCUT2D eigenvalue weighted by Gasteiger charge is 2.21. The lowest BCUT2D eigenvalue weighted by Gasteiger charge is -2.13. The number of phenols is 2. The van der Waals surface area contributed by atoms with Gasteiger partial charge < -0.3 is 14.9 Å². The maximum absolute atomic E-state index is 12.5. The lowest BCUT2D eigenvalue weighted by molar-refractivity contribution is 0.0960. The largest absolute Gasteiger partial charge is 0.508 e. The molecule has 1 heterocycles. The molecule has 0 amide bonds. The van der Waals surface area contributed by atoms with Crippen LogP contribution in [0.25, 0.3) is 11.3 Å². The molecule has 2 aromatic carbocycles. The number of Topliss-reactive ketones (excluding diaryl/α,β-unsaturated/α-hetero) is 1. The molecule has 0 aliphatic rings. The zero-order valence-corrected chi connectivity index (χ0v) is 15.0. The van der Waals surface area contributed by atoms with Crippen LogP contribution in [0.2, 0.25) is 0 Å². The fourth-order valence-electron chi connectivity index (χ4n) is 2.72. The lowest BCUT2D eigenvalue weighted by atomic mass is 9.99. The molecule has 0 bridgehead atoms. The fraction of sp³-hybridized carbons (Fsp3) is 0.250. The zero-order valence-electron chi connectivity index (χ0n) is 15.0. The van der Waals surface area contributed by atoms with Gasteiger partial charge in [-0.25, -0.2) is 4.63 Å². The van der Waals surface area contributed by atoms with Crippen LogP contribution >= 0.6 is 0 Å². The standard InChI is InChI=1S/C20H20N2O5/c1-12(2)8-16(24)19-17(25)9-14(23)10-18(19)26-11-15-20(22-27-21-15)13-6-4-3-5-7-13/h3-7,9-10,12,23,25H,8,11H2,1-2H3. The zero-order chi connectivity index (χ0) is 19.4. The second-order valence-electron chi connectivity index (χ2n) is 6.57. The highest BCUT2D eigenvalue weighted by Crippen LogP contribution is 2.35. The second-order valence-corrected chi connectivity index (χ2v) is 6.57. The highest BCUT2D eigenvalue weighted by atomic mass is 16.6. The molecule has 1 aromatic heterocycles. The molecule has 140 valence electrons. The quantitative estimate of drug-likeness (QED) is 0.608. The van der Waals surface area contributed by atoms with Gasteiger partial charge in [-0.1, -0.05) is 49.3 Å². The number of aromatic nitrogens is 2. The van der Waals surface area contributed by atoms with Crippen molar-refractivity contribution in [3.05, 3.63) is 53.7 Å². The third-order valence-electron chi connectivity index (χ3n) is 3.91. The molecule has 0 spiro atoms. The number of hydrogen-bond donors (Lipinski definition) is 2. The van der Waals surface area contributed by atoms with Crippen LogP contribution in [0.5, 0.6) is 17.2 Å². The van der Waals surface area contributed by atoms with Crippen molar-refractivity contribution >= 4 is 5.78 Å². The number of benzene rings is 2. The first-order chi connectivity index (χ1) is 13.0. The highest BCUT2D eigenvalue weighted by molar-refractivity contribution is 6.01. The third-order valence-corrected chi connectivity index (χ3v) is 3.91. The van der Waals surface area contributed by atoms with E-state index in [0.29, 0.717) is 11.4 Å².